The number of non-ortho nitro benzene ring substituents is 1. The molecule has 0 radical (unpaired) electrons. The number of nitro benzene ring substituents is 1. The summed E-state index contributed by atoms with van der Waals surface area (Å²) in [6, 6.07) is 7.52. The number of hydrogen-bond acceptors (Lipinski definition) is 6. The molecule has 0 atom stereocenters. The number of nitrogens with two attached hydrogens (primary N) is 1. The van der Waals surface area contributed by atoms with Crippen LogP contribution in [0.2, 0.25) is 0 Å². The molecular weight excluding hydrogens is 365 g/mol. The normalized spacial score (nSPS) is 11.6. The molecule has 0 aliphatic rings. The van der Waals surface area contributed by atoms with Gasteiger partial charge >= 0.3 is 0 Å². The van der Waals surface area contributed by atoms with E-state index in [1.807, 2.05) is 0 Å². The van der Waals surface area contributed by atoms with E-state index in [4.69, 9.17) is 5.14 Å². The molecular formula is C15H14FN5O4S. The third-order valence-electron chi connectivity index (χ3n) is 3.61. The van der Waals surface area contributed by atoms with Gasteiger partial charge in [-0.25, -0.2) is 22.9 Å². The molecule has 3 rings (SSSR count). The van der Waals surface area contributed by atoms with Crippen molar-refractivity contribution in [2.75, 3.05) is 11.9 Å². The fourth-order valence-corrected chi connectivity index (χ4v) is 3.01. The van der Waals surface area contributed by atoms with E-state index in [0.717, 1.165) is 6.07 Å². The van der Waals surface area contributed by atoms with E-state index in [1.54, 1.807) is 6.07 Å². The fraction of sp³-hybridized carbons (Fsp3) is 0.133. The lowest BCUT2D eigenvalue weighted by atomic mass is 10.2. The number of aromatic nitrogens is 2. The van der Waals surface area contributed by atoms with Gasteiger partial charge in [0.1, 0.15) is 11.6 Å². The van der Waals surface area contributed by atoms with Crippen LogP contribution in [0.15, 0.2) is 41.3 Å². The van der Waals surface area contributed by atoms with Crippen molar-refractivity contribution in [3.05, 3.63) is 58.2 Å². The lowest BCUT2D eigenvalue weighted by Gasteiger charge is -2.07. The van der Waals surface area contributed by atoms with Gasteiger partial charge in [-0.15, -0.1) is 0 Å². The molecule has 11 heteroatoms. The second-order valence-corrected chi connectivity index (χ2v) is 7.10. The van der Waals surface area contributed by atoms with Gasteiger partial charge in [-0.1, -0.05) is 0 Å². The molecule has 0 fully saturated rings. The van der Waals surface area contributed by atoms with E-state index in [-0.39, 0.29) is 16.4 Å². The number of aromatic amines is 1. The summed E-state index contributed by atoms with van der Waals surface area (Å²) in [5.74, 6) is 0.216. The molecule has 0 unspecified atom stereocenters. The third kappa shape index (κ3) is 3.95. The van der Waals surface area contributed by atoms with Crippen LogP contribution < -0.4 is 10.5 Å². The molecule has 0 saturated carbocycles. The third-order valence-corrected chi connectivity index (χ3v) is 4.51. The Labute approximate surface area is 147 Å². The maximum Gasteiger partial charge on any atom is 0.272 e. The topological polar surface area (TPSA) is 144 Å². The minimum Gasteiger partial charge on any atom is -0.384 e. The molecule has 0 aliphatic carbocycles. The van der Waals surface area contributed by atoms with Crippen molar-refractivity contribution in [1.82, 2.24) is 9.97 Å². The Hall–Kier alpha value is -3.05. The van der Waals surface area contributed by atoms with Crippen molar-refractivity contribution < 1.29 is 17.7 Å². The van der Waals surface area contributed by atoms with Crippen molar-refractivity contribution in [2.45, 2.75) is 11.3 Å². The number of fused-ring (bicyclic) bond motifs is 1. The maximum atomic E-state index is 13.2. The van der Waals surface area contributed by atoms with Crippen LogP contribution in [0.3, 0.4) is 0 Å². The molecule has 26 heavy (non-hydrogen) atoms. The summed E-state index contributed by atoms with van der Waals surface area (Å²) in [5.41, 5.74) is 1.03. The van der Waals surface area contributed by atoms with Gasteiger partial charge < -0.3 is 10.3 Å². The first kappa shape index (κ1) is 17.8. The number of imidazole rings is 1. The van der Waals surface area contributed by atoms with E-state index < -0.39 is 20.6 Å². The number of anilines is 1. The minimum atomic E-state index is -4.08. The lowest BCUT2D eigenvalue weighted by molar-refractivity contribution is -0.385. The van der Waals surface area contributed by atoms with Crippen LogP contribution in [0, 0.1) is 15.9 Å². The predicted molar refractivity (Wildman–Crippen MR) is 92.7 cm³/mol. The molecule has 2 aromatic carbocycles. The molecule has 0 spiro atoms. The molecule has 0 amide bonds. The van der Waals surface area contributed by atoms with Crippen molar-refractivity contribution in [1.29, 1.82) is 0 Å². The Bertz CT molecular complexity index is 1100. The van der Waals surface area contributed by atoms with Crippen LogP contribution in [-0.4, -0.2) is 29.9 Å². The SMILES string of the molecule is NS(=O)(=O)c1cc(NCCc2nc3ccc(F)cc3[nH]2)cc([N+](=O)[O-])c1. The Morgan fingerprint density at radius 3 is 2.73 bits per heavy atom. The van der Waals surface area contributed by atoms with Gasteiger partial charge in [-0.3, -0.25) is 10.1 Å². The smallest absolute Gasteiger partial charge is 0.272 e. The van der Waals surface area contributed by atoms with Crippen LogP contribution in [0.4, 0.5) is 15.8 Å². The van der Waals surface area contributed by atoms with E-state index in [9.17, 15) is 22.9 Å². The zero-order valence-electron chi connectivity index (χ0n) is 13.3. The monoisotopic (exact) mass is 379 g/mol. The average Bonchev–Trinajstić information content (AvgIpc) is 2.95. The van der Waals surface area contributed by atoms with E-state index in [0.29, 0.717) is 29.8 Å². The number of primary sulfonamides is 1. The van der Waals surface area contributed by atoms with Gasteiger partial charge in [0.2, 0.25) is 10.0 Å². The first-order valence-corrected chi connectivity index (χ1v) is 8.97. The quantitative estimate of drug-likeness (QED) is 0.441. The number of H-pyrrole nitrogens is 1. The zero-order valence-corrected chi connectivity index (χ0v) is 14.1. The van der Waals surface area contributed by atoms with Gasteiger partial charge in [0.15, 0.2) is 0 Å². The van der Waals surface area contributed by atoms with Crippen LogP contribution in [0.5, 0.6) is 0 Å². The van der Waals surface area contributed by atoms with Gasteiger partial charge in [0.25, 0.3) is 5.69 Å². The molecule has 4 N–H and O–H groups in total. The molecule has 1 heterocycles. The Morgan fingerprint density at radius 2 is 2.04 bits per heavy atom. The van der Waals surface area contributed by atoms with E-state index >= 15 is 0 Å². The highest BCUT2D eigenvalue weighted by molar-refractivity contribution is 7.89. The molecule has 3 aromatic rings. The van der Waals surface area contributed by atoms with Crippen LogP contribution in [0.25, 0.3) is 11.0 Å². The Balaban J connectivity index is 1.76. The number of hydrogen-bond donors (Lipinski definition) is 3. The van der Waals surface area contributed by atoms with Crippen LogP contribution in [-0.2, 0) is 16.4 Å². The van der Waals surface area contributed by atoms with Crippen LogP contribution in [0.1, 0.15) is 5.82 Å². The standard InChI is InChI=1S/C15H14FN5O4S/c16-9-1-2-13-14(5-9)20-15(19-13)3-4-18-10-6-11(21(22)23)8-12(7-10)26(17,24)25/h1-2,5-8,18H,3-4H2,(H,19,20)(H2,17,24,25). The second-order valence-electron chi connectivity index (χ2n) is 5.54. The highest BCUT2D eigenvalue weighted by atomic mass is 32.2. The van der Waals surface area contributed by atoms with E-state index in [2.05, 4.69) is 15.3 Å². The predicted octanol–water partition coefficient (Wildman–Crippen LogP) is 1.91. The van der Waals surface area contributed by atoms with Crippen molar-refractivity contribution in [3.63, 3.8) is 0 Å². The van der Waals surface area contributed by atoms with Gasteiger partial charge in [-0.2, -0.15) is 0 Å². The molecule has 136 valence electrons. The molecule has 0 saturated heterocycles. The molecule has 1 aromatic heterocycles. The first-order chi connectivity index (χ1) is 12.2. The highest BCUT2D eigenvalue weighted by Crippen LogP contribution is 2.23. The maximum absolute atomic E-state index is 13.2. The number of benzene rings is 2. The Kier molecular flexibility index (Phi) is 4.57. The molecule has 0 bridgehead atoms. The van der Waals surface area contributed by atoms with Gasteiger partial charge in [0, 0.05) is 30.8 Å². The van der Waals surface area contributed by atoms with E-state index in [1.165, 1.54) is 24.3 Å². The summed E-state index contributed by atoms with van der Waals surface area (Å²) in [5, 5.41) is 18.9. The largest absolute Gasteiger partial charge is 0.384 e. The summed E-state index contributed by atoms with van der Waals surface area (Å²) < 4.78 is 36.1. The number of halogens is 1. The number of nitrogens with zero attached hydrogens (tertiary/aromatic N) is 2. The summed E-state index contributed by atoms with van der Waals surface area (Å²) >= 11 is 0. The fourth-order valence-electron chi connectivity index (χ4n) is 2.43. The van der Waals surface area contributed by atoms with Gasteiger partial charge in [-0.05, 0) is 24.3 Å². The summed E-state index contributed by atoms with van der Waals surface area (Å²) in [7, 11) is -4.08. The number of sulfonamides is 1. The second kappa shape index (κ2) is 6.69. The average molecular weight is 379 g/mol. The minimum absolute atomic E-state index is 0.241. The van der Waals surface area contributed by atoms with Crippen LogP contribution >= 0.6 is 0 Å². The van der Waals surface area contributed by atoms with Crippen molar-refractivity contribution in [3.8, 4) is 0 Å². The van der Waals surface area contributed by atoms with Crippen molar-refractivity contribution in [2.24, 2.45) is 5.14 Å². The highest BCUT2D eigenvalue weighted by Gasteiger charge is 2.16. The first-order valence-electron chi connectivity index (χ1n) is 7.43. The summed E-state index contributed by atoms with van der Waals surface area (Å²) in [6.45, 7) is 0.313. The number of rotatable bonds is 6. The summed E-state index contributed by atoms with van der Waals surface area (Å²) in [4.78, 5) is 17.2. The van der Waals surface area contributed by atoms with Gasteiger partial charge in [0.05, 0.1) is 20.9 Å². The molecule has 0 aliphatic heterocycles. The number of nitrogens with one attached hydrogen (secondary N) is 2. The lowest BCUT2D eigenvalue weighted by Crippen LogP contribution is -2.13. The molecule has 9 nitrogen and oxygen atoms in total. The number of nitro groups is 1. The zero-order chi connectivity index (χ0) is 18.9. The summed E-state index contributed by atoms with van der Waals surface area (Å²) in [6.07, 6.45) is 0.406. The van der Waals surface area contributed by atoms with Crippen molar-refractivity contribution >= 4 is 32.4 Å². The Morgan fingerprint density at radius 1 is 1.27 bits per heavy atom.